The highest BCUT2D eigenvalue weighted by atomic mass is 32.2. The van der Waals surface area contributed by atoms with Gasteiger partial charge in [0.1, 0.15) is 5.75 Å². The minimum absolute atomic E-state index is 0.0106. The Morgan fingerprint density at radius 2 is 1.66 bits per heavy atom. The third-order valence-corrected chi connectivity index (χ3v) is 7.15. The Kier molecular flexibility index (Phi) is 11.4. The summed E-state index contributed by atoms with van der Waals surface area (Å²) in [6.07, 6.45) is 2.83. The van der Waals surface area contributed by atoms with E-state index < -0.39 is 10.0 Å². The Balaban J connectivity index is 0.00000121. The Bertz CT molecular complexity index is 956. The first-order chi connectivity index (χ1) is 15.3. The predicted octanol–water partition coefficient (Wildman–Crippen LogP) is 5.87. The molecule has 2 aromatic rings. The second kappa shape index (κ2) is 13.2. The average Bonchev–Trinajstić information content (AvgIpc) is 2.82. The second-order valence-electron chi connectivity index (χ2n) is 7.12. The van der Waals surface area contributed by atoms with E-state index in [4.69, 9.17) is 4.74 Å². The molecular formula is C25H38N2O4S. The Morgan fingerprint density at radius 3 is 2.19 bits per heavy atom. The maximum Gasteiger partial charge on any atom is 0.255 e. The van der Waals surface area contributed by atoms with Crippen molar-refractivity contribution in [3.63, 3.8) is 0 Å². The Morgan fingerprint density at radius 1 is 1.03 bits per heavy atom. The summed E-state index contributed by atoms with van der Waals surface area (Å²) in [5.74, 6) is 0.462. The summed E-state index contributed by atoms with van der Waals surface area (Å²) in [5, 5.41) is 2.80. The molecule has 3 rings (SSSR count). The molecule has 0 spiro atoms. The van der Waals surface area contributed by atoms with Crippen LogP contribution in [0.2, 0.25) is 0 Å². The van der Waals surface area contributed by atoms with E-state index in [1.807, 2.05) is 41.5 Å². The van der Waals surface area contributed by atoms with E-state index in [-0.39, 0.29) is 16.8 Å². The summed E-state index contributed by atoms with van der Waals surface area (Å²) in [6, 6.07) is 11.5. The second-order valence-corrected chi connectivity index (χ2v) is 9.01. The van der Waals surface area contributed by atoms with Crippen molar-refractivity contribution in [3.05, 3.63) is 53.6 Å². The number of carbonyl (C=O) groups is 1. The maximum absolute atomic E-state index is 12.9. The number of anilines is 1. The minimum Gasteiger partial charge on any atom is -0.496 e. The van der Waals surface area contributed by atoms with Crippen molar-refractivity contribution in [3.8, 4) is 5.75 Å². The van der Waals surface area contributed by atoms with Gasteiger partial charge in [-0.05, 0) is 74.7 Å². The monoisotopic (exact) mass is 462 g/mol. The molecule has 1 unspecified atom stereocenters. The van der Waals surface area contributed by atoms with E-state index >= 15 is 0 Å². The lowest BCUT2D eigenvalue weighted by molar-refractivity contribution is 0.102. The zero-order chi connectivity index (χ0) is 24.3. The fourth-order valence-corrected chi connectivity index (χ4v) is 5.20. The first kappa shape index (κ1) is 27.7. The lowest BCUT2D eigenvalue weighted by Crippen LogP contribution is -2.41. The van der Waals surface area contributed by atoms with Gasteiger partial charge in [0, 0.05) is 23.8 Å². The normalized spacial score (nSPS) is 16.0. The van der Waals surface area contributed by atoms with Crippen LogP contribution >= 0.6 is 0 Å². The molecule has 2 aromatic carbocycles. The van der Waals surface area contributed by atoms with Crippen molar-refractivity contribution < 1.29 is 17.9 Å². The summed E-state index contributed by atoms with van der Waals surface area (Å²) in [4.78, 5) is 12.7. The smallest absolute Gasteiger partial charge is 0.255 e. The van der Waals surface area contributed by atoms with Crippen LogP contribution in [-0.2, 0) is 10.0 Å². The van der Waals surface area contributed by atoms with Gasteiger partial charge in [0.05, 0.1) is 12.0 Å². The zero-order valence-corrected chi connectivity index (χ0v) is 21.3. The average molecular weight is 463 g/mol. The highest BCUT2D eigenvalue weighted by Crippen LogP contribution is 2.26. The first-order valence-corrected chi connectivity index (χ1v) is 12.8. The number of amides is 1. The van der Waals surface area contributed by atoms with Gasteiger partial charge in [0.2, 0.25) is 10.0 Å². The molecule has 1 N–H and O–H groups in total. The zero-order valence-electron chi connectivity index (χ0n) is 20.4. The number of benzene rings is 2. The van der Waals surface area contributed by atoms with Crippen molar-refractivity contribution in [2.45, 2.75) is 71.7 Å². The first-order valence-electron chi connectivity index (χ1n) is 11.4. The van der Waals surface area contributed by atoms with E-state index in [0.29, 0.717) is 17.8 Å². The van der Waals surface area contributed by atoms with Gasteiger partial charge in [-0.25, -0.2) is 8.42 Å². The number of nitrogens with one attached hydrogen (secondary N) is 1. The molecule has 1 heterocycles. The number of piperidine rings is 1. The van der Waals surface area contributed by atoms with E-state index in [2.05, 4.69) is 5.32 Å². The third-order valence-electron chi connectivity index (χ3n) is 5.12. The lowest BCUT2D eigenvalue weighted by Gasteiger charge is -2.32. The summed E-state index contributed by atoms with van der Waals surface area (Å²) in [6.45, 7) is 12.4. The molecule has 1 aliphatic heterocycles. The van der Waals surface area contributed by atoms with Crippen LogP contribution in [0.1, 0.15) is 69.8 Å². The third kappa shape index (κ3) is 6.81. The molecule has 1 amide bonds. The quantitative estimate of drug-likeness (QED) is 0.603. The summed E-state index contributed by atoms with van der Waals surface area (Å²) in [7, 11) is -1.93. The van der Waals surface area contributed by atoms with Gasteiger partial charge >= 0.3 is 0 Å². The van der Waals surface area contributed by atoms with Crippen LogP contribution in [0.5, 0.6) is 5.75 Å². The molecule has 1 atom stereocenters. The highest BCUT2D eigenvalue weighted by Gasteiger charge is 2.30. The summed E-state index contributed by atoms with van der Waals surface area (Å²) in [5.41, 5.74) is 1.92. The van der Waals surface area contributed by atoms with Crippen LogP contribution in [0.15, 0.2) is 47.4 Å². The molecule has 32 heavy (non-hydrogen) atoms. The number of rotatable bonds is 5. The number of methoxy groups -OCH3 is 1. The van der Waals surface area contributed by atoms with E-state index in [1.54, 1.807) is 53.9 Å². The molecule has 0 saturated carbocycles. The molecule has 1 fully saturated rings. The van der Waals surface area contributed by atoms with Crippen molar-refractivity contribution >= 4 is 21.6 Å². The van der Waals surface area contributed by atoms with Crippen LogP contribution in [-0.4, -0.2) is 38.3 Å². The Hall–Kier alpha value is -2.38. The number of sulfonamides is 1. The Labute approximate surface area is 194 Å². The van der Waals surface area contributed by atoms with Crippen LogP contribution in [0, 0.1) is 6.92 Å². The SMILES string of the molecule is CC.CC.COc1ccc(C(=O)Nc2ccc(S(=O)(=O)N3CCCCC3C)cc2)cc1C. The van der Waals surface area contributed by atoms with Gasteiger partial charge in [-0.15, -0.1) is 0 Å². The van der Waals surface area contributed by atoms with Crippen LogP contribution < -0.4 is 10.1 Å². The van der Waals surface area contributed by atoms with Gasteiger partial charge in [-0.1, -0.05) is 34.1 Å². The molecule has 7 heteroatoms. The standard InChI is InChI=1S/C21H26N2O4S.2C2H6/c1-15-14-17(7-12-20(15)27-3)21(24)22-18-8-10-19(11-9-18)28(25,26)23-13-5-4-6-16(23)2;2*1-2/h7-12,14,16H,4-6,13H2,1-3H3,(H,22,24);2*1-2H3. The minimum atomic E-state index is -3.52. The number of ether oxygens (including phenoxy) is 1. The topological polar surface area (TPSA) is 75.7 Å². The fourth-order valence-electron chi connectivity index (χ4n) is 3.50. The van der Waals surface area contributed by atoms with Gasteiger partial charge in [0.25, 0.3) is 5.91 Å². The van der Waals surface area contributed by atoms with Crippen LogP contribution in [0.3, 0.4) is 0 Å². The fraction of sp³-hybridized carbons (Fsp3) is 0.480. The molecule has 178 valence electrons. The van der Waals surface area contributed by atoms with Gasteiger partial charge in [-0.2, -0.15) is 4.31 Å². The van der Waals surface area contributed by atoms with Crippen molar-refractivity contribution in [2.24, 2.45) is 0 Å². The number of aryl methyl sites for hydroxylation is 1. The maximum atomic E-state index is 12.9. The van der Waals surface area contributed by atoms with Crippen LogP contribution in [0.25, 0.3) is 0 Å². The molecule has 1 saturated heterocycles. The molecule has 6 nitrogen and oxygen atoms in total. The van der Waals surface area contributed by atoms with Gasteiger partial charge < -0.3 is 10.1 Å². The van der Waals surface area contributed by atoms with Crippen molar-refractivity contribution in [1.82, 2.24) is 4.31 Å². The molecule has 0 aromatic heterocycles. The van der Waals surface area contributed by atoms with Crippen molar-refractivity contribution in [1.29, 1.82) is 0 Å². The van der Waals surface area contributed by atoms with Crippen LogP contribution in [0.4, 0.5) is 5.69 Å². The predicted molar refractivity (Wildman–Crippen MR) is 132 cm³/mol. The van der Waals surface area contributed by atoms with Gasteiger partial charge in [-0.3, -0.25) is 4.79 Å². The number of carbonyl (C=O) groups excluding carboxylic acids is 1. The molecule has 0 aliphatic carbocycles. The molecule has 0 bridgehead atoms. The van der Waals surface area contributed by atoms with E-state index in [0.717, 1.165) is 30.6 Å². The highest BCUT2D eigenvalue weighted by molar-refractivity contribution is 7.89. The summed E-state index contributed by atoms with van der Waals surface area (Å²) >= 11 is 0. The van der Waals surface area contributed by atoms with Gasteiger partial charge in [0.15, 0.2) is 0 Å². The summed E-state index contributed by atoms with van der Waals surface area (Å²) < 4.78 is 32.5. The van der Waals surface area contributed by atoms with Crippen molar-refractivity contribution in [2.75, 3.05) is 19.0 Å². The largest absolute Gasteiger partial charge is 0.496 e. The molecule has 0 radical (unpaired) electrons. The molecule has 1 aliphatic rings. The molecular weight excluding hydrogens is 424 g/mol. The number of nitrogens with zero attached hydrogens (tertiary/aromatic N) is 1. The van der Waals surface area contributed by atoms with E-state index in [9.17, 15) is 13.2 Å². The number of hydrogen-bond acceptors (Lipinski definition) is 4. The van der Waals surface area contributed by atoms with E-state index in [1.165, 1.54) is 0 Å². The number of hydrogen-bond donors (Lipinski definition) is 1. The lowest BCUT2D eigenvalue weighted by atomic mass is 10.1.